The lowest BCUT2D eigenvalue weighted by Gasteiger charge is -2.12. The molecular formula is C19H13Br2NO5S. The van der Waals surface area contributed by atoms with Crippen molar-refractivity contribution in [3.8, 4) is 5.75 Å². The summed E-state index contributed by atoms with van der Waals surface area (Å²) in [6.45, 7) is -0.330. The molecule has 28 heavy (non-hydrogen) atoms. The SMILES string of the molecule is O=C(O)COc1ccc(Br)cc1/C=C1\SC(=O)N(Cc2ccc(Br)cc2)C1=O. The second kappa shape index (κ2) is 8.93. The van der Waals surface area contributed by atoms with E-state index < -0.39 is 18.5 Å². The van der Waals surface area contributed by atoms with E-state index >= 15 is 0 Å². The fraction of sp³-hybridized carbons (Fsp3) is 0.105. The molecule has 6 nitrogen and oxygen atoms in total. The molecule has 1 N–H and O–H groups in total. The number of ether oxygens (including phenoxy) is 1. The van der Waals surface area contributed by atoms with Gasteiger partial charge in [0.15, 0.2) is 6.61 Å². The number of imide groups is 1. The maximum Gasteiger partial charge on any atom is 0.341 e. The Kier molecular flexibility index (Phi) is 6.58. The quantitative estimate of drug-likeness (QED) is 0.538. The molecule has 1 aliphatic heterocycles. The molecule has 0 bridgehead atoms. The molecule has 1 heterocycles. The monoisotopic (exact) mass is 525 g/mol. The molecule has 2 aromatic rings. The fourth-order valence-electron chi connectivity index (χ4n) is 2.45. The van der Waals surface area contributed by atoms with Crippen LogP contribution < -0.4 is 4.74 Å². The molecule has 0 aromatic heterocycles. The molecule has 0 atom stereocenters. The van der Waals surface area contributed by atoms with Crippen molar-refractivity contribution in [2.75, 3.05) is 6.61 Å². The highest BCUT2D eigenvalue weighted by atomic mass is 79.9. The summed E-state index contributed by atoms with van der Waals surface area (Å²) in [5.41, 5.74) is 1.34. The zero-order chi connectivity index (χ0) is 20.3. The number of carboxylic acid groups (broad SMARTS) is 1. The van der Waals surface area contributed by atoms with E-state index in [4.69, 9.17) is 9.84 Å². The second-order valence-corrected chi connectivity index (χ2v) is 8.58. The average Bonchev–Trinajstić information content (AvgIpc) is 2.90. The third kappa shape index (κ3) is 5.03. The number of halogens is 2. The minimum absolute atomic E-state index is 0.177. The second-order valence-electron chi connectivity index (χ2n) is 5.76. The van der Waals surface area contributed by atoms with Crippen LogP contribution in [0, 0.1) is 0 Å². The lowest BCUT2D eigenvalue weighted by atomic mass is 10.1. The van der Waals surface area contributed by atoms with Gasteiger partial charge in [-0.15, -0.1) is 0 Å². The third-order valence-electron chi connectivity index (χ3n) is 3.74. The van der Waals surface area contributed by atoms with Crippen LogP contribution in [0.25, 0.3) is 6.08 Å². The molecular weight excluding hydrogens is 514 g/mol. The summed E-state index contributed by atoms with van der Waals surface area (Å²) >= 11 is 7.53. The van der Waals surface area contributed by atoms with E-state index in [1.165, 1.54) is 11.0 Å². The molecule has 2 amide bonds. The fourth-order valence-corrected chi connectivity index (χ4v) is 3.93. The zero-order valence-electron chi connectivity index (χ0n) is 14.2. The summed E-state index contributed by atoms with van der Waals surface area (Å²) in [5, 5.41) is 8.45. The lowest BCUT2D eigenvalue weighted by molar-refractivity contribution is -0.139. The van der Waals surface area contributed by atoms with Gasteiger partial charge in [0.2, 0.25) is 0 Å². The normalized spacial score (nSPS) is 15.4. The highest BCUT2D eigenvalue weighted by Crippen LogP contribution is 2.35. The van der Waals surface area contributed by atoms with E-state index in [0.717, 1.165) is 26.3 Å². The Morgan fingerprint density at radius 1 is 1.11 bits per heavy atom. The number of nitrogens with zero attached hydrogens (tertiary/aromatic N) is 1. The number of rotatable bonds is 6. The largest absolute Gasteiger partial charge is 0.481 e. The van der Waals surface area contributed by atoms with Gasteiger partial charge in [0.25, 0.3) is 11.1 Å². The zero-order valence-corrected chi connectivity index (χ0v) is 18.2. The maximum atomic E-state index is 12.7. The minimum atomic E-state index is -1.11. The molecule has 144 valence electrons. The molecule has 1 fully saturated rings. The Balaban J connectivity index is 1.84. The van der Waals surface area contributed by atoms with Crippen molar-refractivity contribution in [3.05, 3.63) is 67.4 Å². The van der Waals surface area contributed by atoms with Crippen molar-refractivity contribution >= 4 is 66.8 Å². The molecule has 2 aromatic carbocycles. The maximum absolute atomic E-state index is 12.7. The molecule has 3 rings (SSSR count). The molecule has 0 spiro atoms. The number of carbonyl (C=O) groups excluding carboxylic acids is 2. The molecule has 0 aliphatic carbocycles. The Morgan fingerprint density at radius 2 is 1.79 bits per heavy atom. The van der Waals surface area contributed by atoms with E-state index in [-0.39, 0.29) is 16.7 Å². The summed E-state index contributed by atoms with van der Waals surface area (Å²) in [6.07, 6.45) is 1.54. The van der Waals surface area contributed by atoms with Crippen molar-refractivity contribution in [1.29, 1.82) is 0 Å². The minimum Gasteiger partial charge on any atom is -0.481 e. The van der Waals surface area contributed by atoms with Gasteiger partial charge < -0.3 is 9.84 Å². The van der Waals surface area contributed by atoms with E-state index in [2.05, 4.69) is 31.9 Å². The first-order chi connectivity index (χ1) is 13.3. The van der Waals surface area contributed by atoms with Gasteiger partial charge in [-0.3, -0.25) is 14.5 Å². The number of aliphatic carboxylic acids is 1. The number of hydrogen-bond acceptors (Lipinski definition) is 5. The van der Waals surface area contributed by atoms with Gasteiger partial charge in [0, 0.05) is 14.5 Å². The van der Waals surface area contributed by atoms with Crippen molar-refractivity contribution in [2.24, 2.45) is 0 Å². The summed E-state index contributed by atoms with van der Waals surface area (Å²) < 4.78 is 6.91. The Bertz CT molecular complexity index is 975. The summed E-state index contributed by atoms with van der Waals surface area (Å²) in [5.74, 6) is -1.20. The van der Waals surface area contributed by atoms with Crippen LogP contribution in [-0.4, -0.2) is 33.7 Å². The number of thioether (sulfide) groups is 1. The predicted octanol–water partition coefficient (Wildman–Crippen LogP) is 4.91. The van der Waals surface area contributed by atoms with Crippen LogP contribution in [0.5, 0.6) is 5.75 Å². The first-order valence-corrected chi connectivity index (χ1v) is 10.4. The van der Waals surface area contributed by atoms with Crippen molar-refractivity contribution in [1.82, 2.24) is 4.90 Å². The number of benzene rings is 2. The Morgan fingerprint density at radius 3 is 2.46 bits per heavy atom. The van der Waals surface area contributed by atoms with Gasteiger partial charge >= 0.3 is 5.97 Å². The van der Waals surface area contributed by atoms with Crippen LogP contribution in [0.1, 0.15) is 11.1 Å². The molecule has 1 saturated heterocycles. The molecule has 1 aliphatic rings. The van der Waals surface area contributed by atoms with E-state index in [1.54, 1.807) is 18.2 Å². The average molecular weight is 527 g/mol. The third-order valence-corrected chi connectivity index (χ3v) is 5.67. The number of carboxylic acids is 1. The van der Waals surface area contributed by atoms with Gasteiger partial charge in [0.05, 0.1) is 11.4 Å². The molecule has 0 unspecified atom stereocenters. The van der Waals surface area contributed by atoms with Gasteiger partial charge in [-0.05, 0) is 53.7 Å². The topological polar surface area (TPSA) is 83.9 Å². The smallest absolute Gasteiger partial charge is 0.341 e. The molecule has 0 radical (unpaired) electrons. The van der Waals surface area contributed by atoms with Crippen LogP contribution in [0.2, 0.25) is 0 Å². The van der Waals surface area contributed by atoms with E-state index in [0.29, 0.717) is 11.3 Å². The van der Waals surface area contributed by atoms with Crippen LogP contribution in [0.15, 0.2) is 56.3 Å². The predicted molar refractivity (Wildman–Crippen MR) is 113 cm³/mol. The first-order valence-electron chi connectivity index (χ1n) is 7.97. The van der Waals surface area contributed by atoms with E-state index in [1.807, 2.05) is 24.3 Å². The Hall–Kier alpha value is -2.10. The summed E-state index contributed by atoms with van der Waals surface area (Å²) in [6, 6.07) is 12.4. The molecule has 0 saturated carbocycles. The van der Waals surface area contributed by atoms with Crippen LogP contribution in [0.3, 0.4) is 0 Å². The van der Waals surface area contributed by atoms with Crippen LogP contribution in [0.4, 0.5) is 4.79 Å². The highest BCUT2D eigenvalue weighted by molar-refractivity contribution is 9.10. The lowest BCUT2D eigenvalue weighted by Crippen LogP contribution is -2.27. The highest BCUT2D eigenvalue weighted by Gasteiger charge is 2.35. The van der Waals surface area contributed by atoms with E-state index in [9.17, 15) is 14.4 Å². The number of amides is 2. The van der Waals surface area contributed by atoms with Crippen molar-refractivity contribution in [2.45, 2.75) is 6.54 Å². The molecule has 9 heteroatoms. The Labute approximate surface area is 181 Å². The van der Waals surface area contributed by atoms with Crippen LogP contribution in [-0.2, 0) is 16.1 Å². The van der Waals surface area contributed by atoms with Gasteiger partial charge in [-0.2, -0.15) is 0 Å². The van der Waals surface area contributed by atoms with Crippen LogP contribution >= 0.6 is 43.6 Å². The standard InChI is InChI=1S/C19H13Br2NO5S/c20-13-3-1-11(2-4-13)9-22-18(25)16(28-19(22)26)8-12-7-14(21)5-6-15(12)27-10-17(23)24/h1-8H,9-10H2,(H,23,24)/b16-8-. The van der Waals surface area contributed by atoms with Gasteiger partial charge in [-0.1, -0.05) is 44.0 Å². The summed E-state index contributed by atoms with van der Waals surface area (Å²) in [7, 11) is 0. The number of hydrogen-bond donors (Lipinski definition) is 1. The van der Waals surface area contributed by atoms with Crippen molar-refractivity contribution in [3.63, 3.8) is 0 Å². The van der Waals surface area contributed by atoms with Crippen molar-refractivity contribution < 1.29 is 24.2 Å². The van der Waals surface area contributed by atoms with Gasteiger partial charge in [-0.25, -0.2) is 4.79 Å². The summed E-state index contributed by atoms with van der Waals surface area (Å²) in [4.78, 5) is 37.2. The van der Waals surface area contributed by atoms with Gasteiger partial charge in [0.1, 0.15) is 5.75 Å². The first kappa shape index (κ1) is 20.6. The number of carbonyl (C=O) groups is 3.